The van der Waals surface area contributed by atoms with Crippen molar-refractivity contribution in [1.82, 2.24) is 15.0 Å². The lowest BCUT2D eigenvalue weighted by atomic mass is 9.98. The number of rotatable bonds is 7. The van der Waals surface area contributed by atoms with Crippen LogP contribution in [0.15, 0.2) is 53.1 Å². The molecule has 7 nitrogen and oxygen atoms in total. The third kappa shape index (κ3) is 4.30. The molecule has 0 saturated carbocycles. The lowest BCUT2D eigenvalue weighted by Crippen LogP contribution is -2.48. The van der Waals surface area contributed by atoms with Gasteiger partial charge in [0.05, 0.1) is 19.1 Å². The van der Waals surface area contributed by atoms with E-state index >= 15 is 0 Å². The Labute approximate surface area is 175 Å². The smallest absolute Gasteiger partial charge is 0.253 e. The van der Waals surface area contributed by atoms with Crippen LogP contribution >= 0.6 is 0 Å². The fraction of sp³-hybridized carbons (Fsp3) is 0.348. The molecule has 1 aliphatic heterocycles. The predicted molar refractivity (Wildman–Crippen MR) is 111 cm³/mol. The summed E-state index contributed by atoms with van der Waals surface area (Å²) in [5, 5.41) is 4.09. The molecule has 1 saturated heterocycles. The summed E-state index contributed by atoms with van der Waals surface area (Å²) in [6, 6.07) is 15.0. The maximum absolute atomic E-state index is 12.7. The number of hydrogen-bond acceptors (Lipinski definition) is 6. The van der Waals surface area contributed by atoms with Gasteiger partial charge in [0.25, 0.3) is 5.91 Å². The van der Waals surface area contributed by atoms with Gasteiger partial charge >= 0.3 is 0 Å². The molecule has 1 aromatic heterocycles. The third-order valence-corrected chi connectivity index (χ3v) is 5.02. The number of ether oxygens (including phenoxy) is 2. The summed E-state index contributed by atoms with van der Waals surface area (Å²) in [5.41, 5.74) is 1.65. The molecule has 0 spiro atoms. The maximum Gasteiger partial charge on any atom is 0.253 e. The molecule has 0 radical (unpaired) electrons. The molecule has 4 rings (SSSR count). The van der Waals surface area contributed by atoms with Crippen LogP contribution in [0.3, 0.4) is 0 Å². The van der Waals surface area contributed by atoms with Gasteiger partial charge in [-0.3, -0.25) is 4.79 Å². The minimum absolute atomic E-state index is 0.00360. The SMILES string of the molecule is COc1ccccc1Cc1noc(C2CN(C(=O)c3ccc(OC(C)C)cc3)C2)n1. The van der Waals surface area contributed by atoms with Crippen molar-refractivity contribution in [3.05, 3.63) is 71.4 Å². The molecule has 156 valence electrons. The number of aromatic nitrogens is 2. The van der Waals surface area contributed by atoms with Gasteiger partial charge in [-0.1, -0.05) is 23.4 Å². The number of benzene rings is 2. The highest BCUT2D eigenvalue weighted by molar-refractivity contribution is 5.95. The fourth-order valence-corrected chi connectivity index (χ4v) is 3.46. The largest absolute Gasteiger partial charge is 0.496 e. The molecular formula is C23H25N3O4. The van der Waals surface area contributed by atoms with Gasteiger partial charge < -0.3 is 18.9 Å². The molecule has 0 aliphatic carbocycles. The van der Waals surface area contributed by atoms with Crippen molar-refractivity contribution in [1.29, 1.82) is 0 Å². The van der Waals surface area contributed by atoms with E-state index in [0.29, 0.717) is 36.8 Å². The van der Waals surface area contributed by atoms with E-state index in [9.17, 15) is 4.79 Å². The quantitative estimate of drug-likeness (QED) is 0.594. The van der Waals surface area contributed by atoms with Crippen molar-refractivity contribution in [2.75, 3.05) is 20.2 Å². The first kappa shape index (κ1) is 19.9. The number of likely N-dealkylation sites (tertiary alicyclic amines) is 1. The average molecular weight is 407 g/mol. The van der Waals surface area contributed by atoms with E-state index in [4.69, 9.17) is 14.0 Å². The Morgan fingerprint density at radius 1 is 1.17 bits per heavy atom. The summed E-state index contributed by atoms with van der Waals surface area (Å²) >= 11 is 0. The molecule has 2 aromatic carbocycles. The fourth-order valence-electron chi connectivity index (χ4n) is 3.46. The first-order chi connectivity index (χ1) is 14.5. The molecule has 0 bridgehead atoms. The van der Waals surface area contributed by atoms with E-state index in [1.165, 1.54) is 0 Å². The second kappa shape index (κ2) is 8.57. The van der Waals surface area contributed by atoms with Gasteiger partial charge in [0.15, 0.2) is 5.82 Å². The van der Waals surface area contributed by atoms with Crippen LogP contribution in [0.1, 0.15) is 47.4 Å². The van der Waals surface area contributed by atoms with Gasteiger partial charge in [0.2, 0.25) is 5.89 Å². The summed E-state index contributed by atoms with van der Waals surface area (Å²) in [4.78, 5) is 19.0. The summed E-state index contributed by atoms with van der Waals surface area (Å²) < 4.78 is 16.4. The lowest BCUT2D eigenvalue weighted by Gasteiger charge is -2.37. The summed E-state index contributed by atoms with van der Waals surface area (Å²) in [6.45, 7) is 5.08. The number of carbonyl (C=O) groups is 1. The van der Waals surface area contributed by atoms with E-state index < -0.39 is 0 Å². The van der Waals surface area contributed by atoms with E-state index in [1.807, 2.05) is 50.2 Å². The number of para-hydroxylation sites is 1. The molecule has 30 heavy (non-hydrogen) atoms. The Hall–Kier alpha value is -3.35. The van der Waals surface area contributed by atoms with Crippen LogP contribution < -0.4 is 9.47 Å². The highest BCUT2D eigenvalue weighted by Crippen LogP contribution is 2.28. The normalized spacial score (nSPS) is 13.9. The second-order valence-electron chi connectivity index (χ2n) is 7.64. The monoisotopic (exact) mass is 407 g/mol. The zero-order valence-electron chi connectivity index (χ0n) is 17.4. The summed E-state index contributed by atoms with van der Waals surface area (Å²) in [7, 11) is 1.64. The van der Waals surface area contributed by atoms with E-state index in [0.717, 1.165) is 17.1 Å². The highest BCUT2D eigenvalue weighted by atomic mass is 16.5. The van der Waals surface area contributed by atoms with Crippen LogP contribution in [0.2, 0.25) is 0 Å². The molecule has 0 unspecified atom stereocenters. The van der Waals surface area contributed by atoms with Gasteiger partial charge in [-0.05, 0) is 44.2 Å². The van der Waals surface area contributed by atoms with Crippen molar-refractivity contribution >= 4 is 5.91 Å². The molecule has 7 heteroatoms. The van der Waals surface area contributed by atoms with Crippen LogP contribution in [0.5, 0.6) is 11.5 Å². The van der Waals surface area contributed by atoms with E-state index in [-0.39, 0.29) is 17.9 Å². The van der Waals surface area contributed by atoms with E-state index in [2.05, 4.69) is 10.1 Å². The zero-order valence-corrected chi connectivity index (χ0v) is 17.4. The minimum atomic E-state index is -0.00360. The second-order valence-corrected chi connectivity index (χ2v) is 7.64. The molecule has 1 amide bonds. The Kier molecular flexibility index (Phi) is 5.70. The van der Waals surface area contributed by atoms with Crippen LogP contribution in [0, 0.1) is 0 Å². The minimum Gasteiger partial charge on any atom is -0.496 e. The Bertz CT molecular complexity index is 1010. The highest BCUT2D eigenvalue weighted by Gasteiger charge is 2.36. The molecule has 1 fully saturated rings. The average Bonchev–Trinajstić information content (AvgIpc) is 3.15. The first-order valence-electron chi connectivity index (χ1n) is 10.0. The predicted octanol–water partition coefficient (Wildman–Crippen LogP) is 3.70. The Balaban J connectivity index is 1.34. The molecule has 0 atom stereocenters. The van der Waals surface area contributed by atoms with Crippen LogP contribution in [0.25, 0.3) is 0 Å². The van der Waals surface area contributed by atoms with Gasteiger partial charge in [0.1, 0.15) is 11.5 Å². The van der Waals surface area contributed by atoms with Crippen LogP contribution in [-0.4, -0.2) is 47.3 Å². The topological polar surface area (TPSA) is 77.7 Å². The number of methoxy groups -OCH3 is 1. The molecular weight excluding hydrogens is 382 g/mol. The summed E-state index contributed by atoms with van der Waals surface area (Å²) in [6.07, 6.45) is 0.637. The number of nitrogens with zero attached hydrogens (tertiary/aromatic N) is 3. The van der Waals surface area contributed by atoms with Crippen molar-refractivity contribution in [2.24, 2.45) is 0 Å². The van der Waals surface area contributed by atoms with Crippen LogP contribution in [0.4, 0.5) is 0 Å². The van der Waals surface area contributed by atoms with Crippen molar-refractivity contribution in [3.8, 4) is 11.5 Å². The summed E-state index contributed by atoms with van der Waals surface area (Å²) in [5.74, 6) is 2.81. The molecule has 3 aromatic rings. The number of hydrogen-bond donors (Lipinski definition) is 0. The first-order valence-corrected chi connectivity index (χ1v) is 10.0. The Morgan fingerprint density at radius 2 is 1.90 bits per heavy atom. The number of amides is 1. The maximum atomic E-state index is 12.7. The molecule has 0 N–H and O–H groups in total. The van der Waals surface area contributed by atoms with Crippen LogP contribution in [-0.2, 0) is 6.42 Å². The number of carbonyl (C=O) groups excluding carboxylic acids is 1. The Morgan fingerprint density at radius 3 is 2.60 bits per heavy atom. The van der Waals surface area contributed by atoms with Gasteiger partial charge in [-0.25, -0.2) is 0 Å². The van der Waals surface area contributed by atoms with E-state index in [1.54, 1.807) is 24.1 Å². The van der Waals surface area contributed by atoms with Crippen molar-refractivity contribution in [2.45, 2.75) is 32.3 Å². The zero-order chi connectivity index (χ0) is 21.1. The standard InChI is InChI=1S/C23H25N3O4/c1-15(2)29-19-10-8-16(9-11-19)23(27)26-13-18(14-26)22-24-21(25-30-22)12-17-6-4-5-7-20(17)28-3/h4-11,15,18H,12-14H2,1-3H3. The van der Waals surface area contributed by atoms with Gasteiger partial charge in [-0.15, -0.1) is 0 Å². The molecule has 2 heterocycles. The van der Waals surface area contributed by atoms with Gasteiger partial charge in [-0.2, -0.15) is 4.98 Å². The van der Waals surface area contributed by atoms with Crippen molar-refractivity contribution < 1.29 is 18.8 Å². The van der Waals surface area contributed by atoms with Gasteiger partial charge in [0, 0.05) is 30.6 Å². The molecule has 1 aliphatic rings. The lowest BCUT2D eigenvalue weighted by molar-refractivity contribution is 0.0569. The van der Waals surface area contributed by atoms with Crippen molar-refractivity contribution in [3.63, 3.8) is 0 Å². The third-order valence-electron chi connectivity index (χ3n) is 5.02.